The largest absolute Gasteiger partial charge is 0.360 e. The van der Waals surface area contributed by atoms with Crippen molar-refractivity contribution < 1.29 is 12.9 Å². The van der Waals surface area contributed by atoms with E-state index >= 15 is 0 Å². The first-order valence-corrected chi connectivity index (χ1v) is 9.07. The number of hydrogen-bond acceptors (Lipinski definition) is 6. The molecule has 1 atom stereocenters. The Morgan fingerprint density at radius 1 is 1.48 bits per heavy atom. The SMILES string of the molecule is CN(Cc1cc(CNC(C)(C)C)no1)C1CCS(=O)(=O)C1. The van der Waals surface area contributed by atoms with Crippen molar-refractivity contribution in [3.8, 4) is 0 Å². The van der Waals surface area contributed by atoms with Gasteiger partial charge in [0.25, 0.3) is 0 Å². The highest BCUT2D eigenvalue weighted by Crippen LogP contribution is 2.18. The molecule has 1 unspecified atom stereocenters. The molecule has 7 heteroatoms. The van der Waals surface area contributed by atoms with Crippen molar-refractivity contribution in [3.05, 3.63) is 17.5 Å². The minimum atomic E-state index is -2.85. The van der Waals surface area contributed by atoms with Crippen LogP contribution in [0.3, 0.4) is 0 Å². The number of nitrogens with one attached hydrogen (secondary N) is 1. The second-order valence-electron chi connectivity index (χ2n) is 6.86. The van der Waals surface area contributed by atoms with Gasteiger partial charge in [-0.05, 0) is 34.2 Å². The highest BCUT2D eigenvalue weighted by atomic mass is 32.2. The quantitative estimate of drug-likeness (QED) is 0.879. The lowest BCUT2D eigenvalue weighted by Crippen LogP contribution is -2.35. The molecule has 1 saturated heterocycles. The van der Waals surface area contributed by atoms with E-state index in [0.717, 1.165) is 11.5 Å². The summed E-state index contributed by atoms with van der Waals surface area (Å²) in [6, 6.07) is 2.01. The fourth-order valence-electron chi connectivity index (χ4n) is 2.37. The maximum Gasteiger partial charge on any atom is 0.151 e. The Balaban J connectivity index is 1.87. The van der Waals surface area contributed by atoms with Crippen LogP contribution in [0.5, 0.6) is 0 Å². The van der Waals surface area contributed by atoms with Gasteiger partial charge >= 0.3 is 0 Å². The fourth-order valence-corrected chi connectivity index (χ4v) is 4.17. The normalized spacial score (nSPS) is 22.0. The second kappa shape index (κ2) is 6.06. The van der Waals surface area contributed by atoms with Gasteiger partial charge in [-0.3, -0.25) is 4.90 Å². The number of aromatic nitrogens is 1. The zero-order valence-electron chi connectivity index (χ0n) is 13.2. The van der Waals surface area contributed by atoms with E-state index < -0.39 is 9.84 Å². The van der Waals surface area contributed by atoms with E-state index in [2.05, 4.69) is 31.2 Å². The van der Waals surface area contributed by atoms with E-state index in [0.29, 0.717) is 25.3 Å². The molecule has 120 valence electrons. The molecule has 2 rings (SSSR count). The van der Waals surface area contributed by atoms with Crippen LogP contribution >= 0.6 is 0 Å². The predicted molar refractivity (Wildman–Crippen MR) is 81.6 cm³/mol. The number of rotatable bonds is 5. The molecular formula is C14H25N3O3S. The summed E-state index contributed by atoms with van der Waals surface area (Å²) >= 11 is 0. The van der Waals surface area contributed by atoms with E-state index in [1.165, 1.54) is 0 Å². The molecule has 1 N–H and O–H groups in total. The van der Waals surface area contributed by atoms with E-state index in [1.54, 1.807) is 0 Å². The van der Waals surface area contributed by atoms with Crippen molar-refractivity contribution in [3.63, 3.8) is 0 Å². The Kier molecular flexibility index (Phi) is 4.75. The van der Waals surface area contributed by atoms with Gasteiger partial charge < -0.3 is 9.84 Å². The molecule has 2 heterocycles. The summed E-state index contributed by atoms with van der Waals surface area (Å²) in [6.07, 6.45) is 0.700. The average molecular weight is 315 g/mol. The minimum absolute atomic E-state index is 0.0358. The van der Waals surface area contributed by atoms with Crippen molar-refractivity contribution in [1.29, 1.82) is 0 Å². The van der Waals surface area contributed by atoms with Gasteiger partial charge in [-0.1, -0.05) is 5.16 Å². The maximum absolute atomic E-state index is 11.5. The van der Waals surface area contributed by atoms with E-state index in [1.807, 2.05) is 18.0 Å². The topological polar surface area (TPSA) is 75.4 Å². The van der Waals surface area contributed by atoms with Gasteiger partial charge in [-0.15, -0.1) is 0 Å². The van der Waals surface area contributed by atoms with Crippen LogP contribution in [0.25, 0.3) is 0 Å². The van der Waals surface area contributed by atoms with Gasteiger partial charge in [0.15, 0.2) is 15.6 Å². The van der Waals surface area contributed by atoms with Crippen molar-refractivity contribution in [2.24, 2.45) is 0 Å². The molecule has 21 heavy (non-hydrogen) atoms. The maximum atomic E-state index is 11.5. The van der Waals surface area contributed by atoms with Crippen LogP contribution in [-0.4, -0.2) is 48.6 Å². The lowest BCUT2D eigenvalue weighted by Gasteiger charge is -2.21. The second-order valence-corrected chi connectivity index (χ2v) is 9.09. The molecule has 0 radical (unpaired) electrons. The molecule has 1 aromatic rings. The van der Waals surface area contributed by atoms with Gasteiger partial charge in [0.1, 0.15) is 0 Å². The molecule has 0 saturated carbocycles. The smallest absolute Gasteiger partial charge is 0.151 e. The Morgan fingerprint density at radius 3 is 2.76 bits per heavy atom. The summed E-state index contributed by atoms with van der Waals surface area (Å²) in [6.45, 7) is 7.55. The average Bonchev–Trinajstić information content (AvgIpc) is 2.92. The third-order valence-electron chi connectivity index (χ3n) is 3.64. The van der Waals surface area contributed by atoms with Crippen molar-refractivity contribution >= 4 is 9.84 Å². The van der Waals surface area contributed by atoms with Crippen LogP contribution in [0.2, 0.25) is 0 Å². The summed E-state index contributed by atoms with van der Waals surface area (Å²) in [5, 5.41) is 7.40. The molecule has 0 amide bonds. The summed E-state index contributed by atoms with van der Waals surface area (Å²) in [4.78, 5) is 2.03. The zero-order chi connectivity index (χ0) is 15.7. The van der Waals surface area contributed by atoms with E-state index in [9.17, 15) is 8.42 Å². The number of sulfone groups is 1. The lowest BCUT2D eigenvalue weighted by atomic mass is 10.1. The summed E-state index contributed by atoms with van der Waals surface area (Å²) < 4.78 is 28.4. The lowest BCUT2D eigenvalue weighted by molar-refractivity contribution is 0.222. The summed E-state index contributed by atoms with van der Waals surface area (Å²) in [7, 11) is -0.919. The molecule has 1 fully saturated rings. The first-order valence-electron chi connectivity index (χ1n) is 7.25. The molecule has 0 aliphatic carbocycles. The Morgan fingerprint density at radius 2 is 2.19 bits per heavy atom. The molecule has 0 aromatic carbocycles. The van der Waals surface area contributed by atoms with Gasteiger partial charge in [-0.2, -0.15) is 0 Å². The van der Waals surface area contributed by atoms with Gasteiger partial charge in [0.2, 0.25) is 0 Å². The van der Waals surface area contributed by atoms with Crippen molar-refractivity contribution in [2.45, 2.75) is 51.9 Å². The highest BCUT2D eigenvalue weighted by molar-refractivity contribution is 7.91. The van der Waals surface area contributed by atoms with Crippen LogP contribution in [0.4, 0.5) is 0 Å². The first-order chi connectivity index (χ1) is 9.65. The first kappa shape index (κ1) is 16.5. The van der Waals surface area contributed by atoms with Crippen LogP contribution in [0, 0.1) is 0 Å². The van der Waals surface area contributed by atoms with Crippen LogP contribution in [-0.2, 0) is 22.9 Å². The Hall–Kier alpha value is -0.920. The van der Waals surface area contributed by atoms with Gasteiger partial charge in [0.05, 0.1) is 23.7 Å². The molecule has 1 aliphatic rings. The standard InChI is InChI=1S/C14H25N3O3S/c1-14(2,3)15-8-11-7-13(20-16-11)9-17(4)12-5-6-21(18,19)10-12/h7,12,15H,5-6,8-10H2,1-4H3. The molecule has 6 nitrogen and oxygen atoms in total. The third-order valence-corrected chi connectivity index (χ3v) is 5.39. The highest BCUT2D eigenvalue weighted by Gasteiger charge is 2.30. The number of nitrogens with zero attached hydrogens (tertiary/aromatic N) is 2. The van der Waals surface area contributed by atoms with Crippen molar-refractivity contribution in [1.82, 2.24) is 15.4 Å². The molecule has 1 aliphatic heterocycles. The fraction of sp³-hybridized carbons (Fsp3) is 0.786. The summed E-state index contributed by atoms with van der Waals surface area (Å²) in [5.74, 6) is 1.31. The zero-order valence-corrected chi connectivity index (χ0v) is 14.0. The van der Waals surface area contributed by atoms with Crippen LogP contribution < -0.4 is 5.32 Å². The van der Waals surface area contributed by atoms with E-state index in [4.69, 9.17) is 4.52 Å². The summed E-state index contributed by atoms with van der Waals surface area (Å²) in [5.41, 5.74) is 0.904. The molecular weight excluding hydrogens is 290 g/mol. The minimum Gasteiger partial charge on any atom is -0.360 e. The molecule has 0 bridgehead atoms. The Labute approximate surface area is 126 Å². The van der Waals surface area contributed by atoms with Gasteiger partial charge in [-0.25, -0.2) is 8.42 Å². The van der Waals surface area contributed by atoms with Crippen molar-refractivity contribution in [2.75, 3.05) is 18.6 Å². The Bertz CT molecular complexity index is 575. The van der Waals surface area contributed by atoms with Crippen LogP contribution in [0.15, 0.2) is 10.6 Å². The number of hydrogen-bond donors (Lipinski definition) is 1. The monoisotopic (exact) mass is 315 g/mol. The molecule has 1 aromatic heterocycles. The van der Waals surface area contributed by atoms with Gasteiger partial charge in [0, 0.05) is 24.2 Å². The van der Waals surface area contributed by atoms with Crippen LogP contribution in [0.1, 0.15) is 38.6 Å². The third kappa shape index (κ3) is 5.09. The van der Waals surface area contributed by atoms with E-state index in [-0.39, 0.29) is 17.3 Å². The molecule has 0 spiro atoms. The predicted octanol–water partition coefficient (Wildman–Crippen LogP) is 1.18.